The van der Waals surface area contributed by atoms with E-state index in [4.69, 9.17) is 10.5 Å². The Morgan fingerprint density at radius 3 is 2.42 bits per heavy atom. The lowest BCUT2D eigenvalue weighted by Crippen LogP contribution is -2.38. The molecule has 1 amide bonds. The molecule has 1 fully saturated rings. The van der Waals surface area contributed by atoms with E-state index in [9.17, 15) is 9.59 Å². The Morgan fingerprint density at radius 1 is 1.03 bits per heavy atom. The molecule has 3 N–H and O–H groups in total. The Bertz CT molecular complexity index is 1500. The minimum atomic E-state index is -0.269. The number of hydrogen-bond acceptors (Lipinski definition) is 6. The predicted octanol–water partition coefficient (Wildman–Crippen LogP) is 3.58. The fourth-order valence-corrected chi connectivity index (χ4v) is 4.74. The van der Waals surface area contributed by atoms with Crippen LogP contribution in [0.1, 0.15) is 38.6 Å². The van der Waals surface area contributed by atoms with E-state index in [1.165, 1.54) is 6.33 Å². The van der Waals surface area contributed by atoms with Crippen molar-refractivity contribution < 1.29 is 9.53 Å². The standard InChI is InChI=1S/C27H26N6O3/c1-2-6-23(34)31-18-9-11-20(12-10-18)33-26-24(25(28)29-17-30-26)32(27(33)35)19-13-15-22(16-14-19)36-21-7-4-3-5-8-21/h3-5,7-8,13-18,20H,9-12H2,1H3,(H,31,34)(H2,28,29,30)/t18-,20-. The third kappa shape index (κ3) is 4.53. The molecular formula is C27H26N6O3. The van der Waals surface area contributed by atoms with E-state index < -0.39 is 0 Å². The van der Waals surface area contributed by atoms with Crippen molar-refractivity contribution in [2.75, 3.05) is 5.73 Å². The van der Waals surface area contributed by atoms with Crippen LogP contribution in [-0.2, 0) is 4.79 Å². The highest BCUT2D eigenvalue weighted by Gasteiger charge is 2.28. The maximum atomic E-state index is 13.7. The number of nitrogens with one attached hydrogen (secondary N) is 1. The second kappa shape index (κ2) is 9.96. The topological polar surface area (TPSA) is 117 Å². The number of anilines is 1. The fourth-order valence-electron chi connectivity index (χ4n) is 4.74. The van der Waals surface area contributed by atoms with Gasteiger partial charge in [-0.1, -0.05) is 24.1 Å². The first kappa shape index (κ1) is 23.2. The van der Waals surface area contributed by atoms with E-state index in [0.29, 0.717) is 22.6 Å². The Balaban J connectivity index is 1.45. The molecule has 2 aromatic heterocycles. The van der Waals surface area contributed by atoms with Gasteiger partial charge in [0.25, 0.3) is 5.91 Å². The largest absolute Gasteiger partial charge is 0.457 e. The fraction of sp³-hybridized carbons (Fsp3) is 0.259. The van der Waals surface area contributed by atoms with Gasteiger partial charge in [-0.15, -0.1) is 0 Å². The van der Waals surface area contributed by atoms with Crippen LogP contribution >= 0.6 is 0 Å². The number of fused-ring (bicyclic) bond motifs is 1. The van der Waals surface area contributed by atoms with E-state index in [0.717, 1.165) is 31.4 Å². The van der Waals surface area contributed by atoms with Crippen LogP contribution in [0, 0.1) is 11.8 Å². The minimum absolute atomic E-state index is 0.0375. The second-order valence-electron chi connectivity index (χ2n) is 8.68. The summed E-state index contributed by atoms with van der Waals surface area (Å²) in [7, 11) is 0. The summed E-state index contributed by atoms with van der Waals surface area (Å²) in [5, 5.41) is 2.94. The zero-order valence-corrected chi connectivity index (χ0v) is 19.8. The number of nitrogens with zero attached hydrogens (tertiary/aromatic N) is 4. The maximum Gasteiger partial charge on any atom is 0.335 e. The highest BCUT2D eigenvalue weighted by atomic mass is 16.5. The van der Waals surface area contributed by atoms with Crippen molar-refractivity contribution in [1.82, 2.24) is 24.4 Å². The number of nitrogens with two attached hydrogens (primary N) is 1. The highest BCUT2D eigenvalue weighted by Crippen LogP contribution is 2.32. The van der Waals surface area contributed by atoms with E-state index >= 15 is 0 Å². The van der Waals surface area contributed by atoms with Crippen LogP contribution in [-0.4, -0.2) is 31.1 Å². The normalized spacial score (nSPS) is 17.2. The lowest BCUT2D eigenvalue weighted by molar-refractivity contribution is -0.116. The zero-order valence-electron chi connectivity index (χ0n) is 19.8. The molecule has 2 aromatic carbocycles. The molecule has 9 heteroatoms. The highest BCUT2D eigenvalue weighted by molar-refractivity contribution is 5.93. The first-order valence-electron chi connectivity index (χ1n) is 11.8. The van der Waals surface area contributed by atoms with E-state index in [1.807, 2.05) is 54.6 Å². The van der Waals surface area contributed by atoms with Gasteiger partial charge in [0.2, 0.25) is 0 Å². The van der Waals surface area contributed by atoms with E-state index in [2.05, 4.69) is 27.1 Å². The number of rotatable bonds is 5. The summed E-state index contributed by atoms with van der Waals surface area (Å²) in [5.41, 5.74) is 7.63. The lowest BCUT2D eigenvalue weighted by Gasteiger charge is -2.29. The first-order valence-corrected chi connectivity index (χ1v) is 11.8. The zero-order chi connectivity index (χ0) is 25.1. The van der Waals surface area contributed by atoms with Gasteiger partial charge in [0.15, 0.2) is 11.5 Å². The summed E-state index contributed by atoms with van der Waals surface area (Å²) in [4.78, 5) is 34.1. The third-order valence-corrected chi connectivity index (χ3v) is 6.39. The number of amides is 1. The SMILES string of the molecule is CC#CC(=O)N[C@H]1CC[C@H](n2c(=O)n(-c3ccc(Oc4ccccc4)cc3)c3c(N)ncnc32)CC1. The van der Waals surface area contributed by atoms with Gasteiger partial charge in [-0.2, -0.15) is 0 Å². The van der Waals surface area contributed by atoms with E-state index in [1.54, 1.807) is 16.1 Å². The third-order valence-electron chi connectivity index (χ3n) is 6.39. The van der Waals surface area contributed by atoms with Gasteiger partial charge < -0.3 is 15.8 Å². The average Bonchev–Trinajstić information content (AvgIpc) is 3.19. The van der Waals surface area contributed by atoms with Gasteiger partial charge in [-0.3, -0.25) is 13.9 Å². The molecule has 1 aliphatic carbocycles. The molecule has 0 radical (unpaired) electrons. The number of para-hydroxylation sites is 1. The number of ether oxygens (including phenoxy) is 1. The van der Waals surface area contributed by atoms with Crippen LogP contribution in [0.2, 0.25) is 0 Å². The molecule has 1 aliphatic rings. The summed E-state index contributed by atoms with van der Waals surface area (Å²) in [5.74, 6) is 6.48. The van der Waals surface area contributed by atoms with Gasteiger partial charge in [0, 0.05) is 12.1 Å². The van der Waals surface area contributed by atoms with Gasteiger partial charge >= 0.3 is 5.69 Å². The molecule has 0 aliphatic heterocycles. The molecule has 5 rings (SSSR count). The lowest BCUT2D eigenvalue weighted by atomic mass is 9.91. The van der Waals surface area contributed by atoms with Crippen molar-refractivity contribution in [2.24, 2.45) is 0 Å². The molecule has 0 bridgehead atoms. The number of benzene rings is 2. The quantitative estimate of drug-likeness (QED) is 0.420. The molecule has 0 saturated heterocycles. The summed E-state index contributed by atoms with van der Waals surface area (Å²) >= 11 is 0. The van der Waals surface area contributed by atoms with Gasteiger partial charge in [-0.25, -0.2) is 14.8 Å². The van der Waals surface area contributed by atoms with Gasteiger partial charge in [0.05, 0.1) is 5.69 Å². The summed E-state index contributed by atoms with van der Waals surface area (Å²) < 4.78 is 9.15. The average molecular weight is 483 g/mol. The van der Waals surface area contributed by atoms with E-state index in [-0.39, 0.29) is 29.5 Å². The summed E-state index contributed by atoms with van der Waals surface area (Å²) in [6, 6.07) is 16.7. The molecule has 0 unspecified atom stereocenters. The van der Waals surface area contributed by atoms with Gasteiger partial charge in [0.1, 0.15) is 23.3 Å². The van der Waals surface area contributed by atoms with Crippen molar-refractivity contribution in [3.05, 3.63) is 71.4 Å². The number of nitrogen functional groups attached to an aromatic ring is 1. The molecule has 182 valence electrons. The number of aromatic nitrogens is 4. The Kier molecular flexibility index (Phi) is 6.41. The van der Waals surface area contributed by atoms with Crippen molar-refractivity contribution in [1.29, 1.82) is 0 Å². The summed E-state index contributed by atoms with van der Waals surface area (Å²) in [6.45, 7) is 1.63. The predicted molar refractivity (Wildman–Crippen MR) is 137 cm³/mol. The molecule has 2 heterocycles. The van der Waals surface area contributed by atoms with Crippen LogP contribution in [0.15, 0.2) is 65.7 Å². The van der Waals surface area contributed by atoms with Crippen molar-refractivity contribution in [2.45, 2.75) is 44.7 Å². The minimum Gasteiger partial charge on any atom is -0.457 e. The van der Waals surface area contributed by atoms with Crippen LogP contribution in [0.4, 0.5) is 5.82 Å². The number of imidazole rings is 1. The van der Waals surface area contributed by atoms with Crippen LogP contribution < -0.4 is 21.5 Å². The van der Waals surface area contributed by atoms with Crippen LogP contribution in [0.25, 0.3) is 16.9 Å². The second-order valence-corrected chi connectivity index (χ2v) is 8.68. The van der Waals surface area contributed by atoms with Crippen LogP contribution in [0.5, 0.6) is 11.5 Å². The molecule has 36 heavy (non-hydrogen) atoms. The number of carbonyl (C=O) groups excluding carboxylic acids is 1. The maximum absolute atomic E-state index is 13.7. The first-order chi connectivity index (χ1) is 17.5. The molecule has 1 saturated carbocycles. The van der Waals surface area contributed by atoms with Crippen molar-refractivity contribution in [3.8, 4) is 29.0 Å². The molecule has 0 atom stereocenters. The Morgan fingerprint density at radius 2 is 1.72 bits per heavy atom. The van der Waals surface area contributed by atoms with Gasteiger partial charge in [-0.05, 0) is 74.9 Å². The molecular weight excluding hydrogens is 456 g/mol. The Hall–Kier alpha value is -4.58. The monoisotopic (exact) mass is 482 g/mol. The molecule has 4 aromatic rings. The smallest absolute Gasteiger partial charge is 0.335 e. The Labute approximate surface area is 207 Å². The van der Waals surface area contributed by atoms with Crippen molar-refractivity contribution in [3.63, 3.8) is 0 Å². The summed E-state index contributed by atoms with van der Waals surface area (Å²) in [6.07, 6.45) is 4.30. The molecule has 9 nitrogen and oxygen atoms in total. The van der Waals surface area contributed by atoms with Crippen molar-refractivity contribution >= 4 is 22.9 Å². The number of hydrogen-bond donors (Lipinski definition) is 2. The number of carbonyl (C=O) groups is 1. The van der Waals surface area contributed by atoms with Crippen LogP contribution in [0.3, 0.4) is 0 Å². The molecule has 0 spiro atoms.